The molecule has 1 saturated carbocycles. The molecule has 2 aliphatic rings. The number of nitrogens with zero attached hydrogens (tertiary/aromatic N) is 3. The Morgan fingerprint density at radius 3 is 2.74 bits per heavy atom. The van der Waals surface area contributed by atoms with Gasteiger partial charge in [-0.25, -0.2) is 0 Å². The summed E-state index contributed by atoms with van der Waals surface area (Å²) in [7, 11) is 0. The fourth-order valence-corrected chi connectivity index (χ4v) is 2.00. The molecule has 0 spiro atoms. The van der Waals surface area contributed by atoms with E-state index < -0.39 is 5.97 Å². The Bertz CT molecular complexity index is 505. The van der Waals surface area contributed by atoms with Gasteiger partial charge in [0.25, 0.3) is 0 Å². The van der Waals surface area contributed by atoms with E-state index >= 15 is 0 Å². The third kappa shape index (κ3) is 2.73. The summed E-state index contributed by atoms with van der Waals surface area (Å²) in [5, 5.41) is 18.8. The van der Waals surface area contributed by atoms with Crippen LogP contribution in [0.15, 0.2) is 4.42 Å². The number of rotatable bonds is 5. The second kappa shape index (κ2) is 4.61. The molecule has 3 rings (SSSR count). The highest BCUT2D eigenvalue weighted by Gasteiger charge is 2.34. The van der Waals surface area contributed by atoms with Crippen LogP contribution in [0.1, 0.15) is 24.7 Å². The van der Waals surface area contributed by atoms with Crippen LogP contribution in [0.2, 0.25) is 0 Å². The van der Waals surface area contributed by atoms with Gasteiger partial charge in [0.2, 0.25) is 11.8 Å². The first-order chi connectivity index (χ1) is 9.11. The zero-order valence-electron chi connectivity index (χ0n) is 10.2. The lowest BCUT2D eigenvalue weighted by Crippen LogP contribution is -2.52. The van der Waals surface area contributed by atoms with E-state index in [2.05, 4.69) is 15.5 Å². The van der Waals surface area contributed by atoms with Gasteiger partial charge in [0, 0.05) is 19.0 Å². The third-order valence-corrected chi connectivity index (χ3v) is 3.29. The molecule has 8 heteroatoms. The predicted molar refractivity (Wildman–Crippen MR) is 62.5 cm³/mol. The van der Waals surface area contributed by atoms with Gasteiger partial charge in [0.15, 0.2) is 0 Å². The quantitative estimate of drug-likeness (QED) is 0.766. The smallest absolute Gasteiger partial charge is 0.322 e. The highest BCUT2D eigenvalue weighted by molar-refractivity contribution is 5.90. The summed E-state index contributed by atoms with van der Waals surface area (Å²) in [4.78, 5) is 24.0. The minimum atomic E-state index is -0.817. The third-order valence-electron chi connectivity index (χ3n) is 3.29. The summed E-state index contributed by atoms with van der Waals surface area (Å²) >= 11 is 0. The normalized spacial score (nSPS) is 20.0. The lowest BCUT2D eigenvalue weighted by Gasteiger charge is -2.35. The average molecular weight is 266 g/mol. The molecule has 102 valence electrons. The van der Waals surface area contributed by atoms with Crippen molar-refractivity contribution in [3.63, 3.8) is 0 Å². The fourth-order valence-electron chi connectivity index (χ4n) is 2.00. The van der Waals surface area contributed by atoms with E-state index in [4.69, 9.17) is 9.52 Å². The Morgan fingerprint density at radius 2 is 2.11 bits per heavy atom. The van der Waals surface area contributed by atoms with Gasteiger partial charge in [-0.2, -0.15) is 0 Å². The summed E-state index contributed by atoms with van der Waals surface area (Å²) < 4.78 is 5.30. The Labute approximate surface area is 108 Å². The first-order valence-corrected chi connectivity index (χ1v) is 6.20. The van der Waals surface area contributed by atoms with E-state index in [9.17, 15) is 9.59 Å². The van der Waals surface area contributed by atoms with E-state index in [1.807, 2.05) is 0 Å². The van der Waals surface area contributed by atoms with Crippen LogP contribution < -0.4 is 5.32 Å². The number of amides is 1. The topological polar surface area (TPSA) is 109 Å². The molecule has 0 bridgehead atoms. The highest BCUT2D eigenvalue weighted by Crippen LogP contribution is 2.39. The van der Waals surface area contributed by atoms with Gasteiger partial charge < -0.3 is 9.52 Å². The first-order valence-electron chi connectivity index (χ1n) is 6.20. The number of carboxylic acids is 1. The Kier molecular flexibility index (Phi) is 2.94. The molecular weight excluding hydrogens is 252 g/mol. The number of hydrogen-bond donors (Lipinski definition) is 2. The second-order valence-electron chi connectivity index (χ2n) is 5.00. The first kappa shape index (κ1) is 12.1. The maximum absolute atomic E-state index is 11.7. The van der Waals surface area contributed by atoms with Gasteiger partial charge >= 0.3 is 12.0 Å². The number of aromatic nitrogens is 2. The van der Waals surface area contributed by atoms with Crippen LogP contribution in [0, 0.1) is 5.92 Å². The van der Waals surface area contributed by atoms with Crippen molar-refractivity contribution in [2.45, 2.75) is 18.8 Å². The van der Waals surface area contributed by atoms with Gasteiger partial charge in [-0.05, 0) is 12.8 Å². The van der Waals surface area contributed by atoms with Gasteiger partial charge in [-0.3, -0.25) is 19.8 Å². The van der Waals surface area contributed by atoms with Crippen LogP contribution in [-0.2, 0) is 9.59 Å². The number of nitrogens with one attached hydrogen (secondary N) is 1. The molecule has 2 N–H and O–H groups in total. The zero-order chi connectivity index (χ0) is 13.4. The van der Waals surface area contributed by atoms with E-state index in [0.29, 0.717) is 24.9 Å². The standard InChI is InChI=1S/C11H14N4O4/c16-8(5-15-3-7(4-15)10(17)18)12-11-14-13-9(19-11)6-1-2-6/h6-7H,1-5H2,(H,17,18)(H,12,14,16). The molecule has 19 heavy (non-hydrogen) atoms. The minimum Gasteiger partial charge on any atom is -0.481 e. The van der Waals surface area contributed by atoms with Crippen LogP contribution in [0.5, 0.6) is 0 Å². The van der Waals surface area contributed by atoms with Crippen molar-refractivity contribution in [1.82, 2.24) is 15.1 Å². The number of carboxylic acid groups (broad SMARTS) is 1. The van der Waals surface area contributed by atoms with Crippen molar-refractivity contribution in [1.29, 1.82) is 0 Å². The fraction of sp³-hybridized carbons (Fsp3) is 0.636. The average Bonchev–Trinajstić information content (AvgIpc) is 3.04. The molecule has 2 heterocycles. The number of carbonyl (C=O) groups excluding carboxylic acids is 1. The molecule has 1 aromatic rings. The number of aliphatic carboxylic acids is 1. The molecule has 1 aliphatic carbocycles. The van der Waals surface area contributed by atoms with Gasteiger partial charge in [-0.15, -0.1) is 5.10 Å². The molecule has 0 aromatic carbocycles. The van der Waals surface area contributed by atoms with Crippen molar-refractivity contribution >= 4 is 17.9 Å². The van der Waals surface area contributed by atoms with E-state index in [0.717, 1.165) is 12.8 Å². The number of hydrogen-bond acceptors (Lipinski definition) is 6. The molecule has 1 aromatic heterocycles. The molecular formula is C11H14N4O4. The Morgan fingerprint density at radius 1 is 1.37 bits per heavy atom. The molecule has 0 unspecified atom stereocenters. The van der Waals surface area contributed by atoms with Crippen molar-refractivity contribution in [2.24, 2.45) is 5.92 Å². The molecule has 0 atom stereocenters. The molecule has 2 fully saturated rings. The monoisotopic (exact) mass is 266 g/mol. The zero-order valence-corrected chi connectivity index (χ0v) is 10.2. The molecule has 1 saturated heterocycles. The molecule has 8 nitrogen and oxygen atoms in total. The highest BCUT2D eigenvalue weighted by atomic mass is 16.4. The summed E-state index contributed by atoms with van der Waals surface area (Å²) in [6.45, 7) is 0.949. The van der Waals surface area contributed by atoms with Crippen LogP contribution in [0.3, 0.4) is 0 Å². The van der Waals surface area contributed by atoms with E-state index in [-0.39, 0.29) is 24.4 Å². The van der Waals surface area contributed by atoms with Crippen LogP contribution >= 0.6 is 0 Å². The van der Waals surface area contributed by atoms with E-state index in [1.165, 1.54) is 0 Å². The van der Waals surface area contributed by atoms with Crippen molar-refractivity contribution in [3.05, 3.63) is 5.89 Å². The van der Waals surface area contributed by atoms with Gasteiger partial charge in [-0.1, -0.05) is 5.10 Å². The molecule has 0 radical (unpaired) electrons. The summed E-state index contributed by atoms with van der Waals surface area (Å²) in [6.07, 6.45) is 2.11. The van der Waals surface area contributed by atoms with Gasteiger partial charge in [0.05, 0.1) is 12.5 Å². The van der Waals surface area contributed by atoms with Crippen LogP contribution in [-0.4, -0.2) is 51.7 Å². The maximum Gasteiger partial charge on any atom is 0.322 e. The summed E-state index contributed by atoms with van der Waals surface area (Å²) in [5.74, 6) is -0.523. The minimum absolute atomic E-state index is 0.113. The lowest BCUT2D eigenvalue weighted by atomic mass is 10.0. The number of anilines is 1. The molecule has 1 amide bonds. The van der Waals surface area contributed by atoms with Crippen molar-refractivity contribution < 1.29 is 19.1 Å². The van der Waals surface area contributed by atoms with Gasteiger partial charge in [0.1, 0.15) is 0 Å². The lowest BCUT2D eigenvalue weighted by molar-refractivity contribution is -0.148. The number of likely N-dealkylation sites (tertiary alicyclic amines) is 1. The van der Waals surface area contributed by atoms with Crippen molar-refractivity contribution in [2.75, 3.05) is 25.0 Å². The van der Waals surface area contributed by atoms with E-state index in [1.54, 1.807) is 4.90 Å². The Hall–Kier alpha value is -1.96. The summed E-state index contributed by atoms with van der Waals surface area (Å²) in [5.41, 5.74) is 0. The van der Waals surface area contributed by atoms with Crippen LogP contribution in [0.4, 0.5) is 6.01 Å². The predicted octanol–water partition coefficient (Wildman–Crippen LogP) is -0.0981. The molecule has 1 aliphatic heterocycles. The second-order valence-corrected chi connectivity index (χ2v) is 5.00. The summed E-state index contributed by atoms with van der Waals surface area (Å²) in [6, 6.07) is 0.113. The maximum atomic E-state index is 11.7. The largest absolute Gasteiger partial charge is 0.481 e. The Balaban J connectivity index is 1.44. The van der Waals surface area contributed by atoms with Crippen LogP contribution in [0.25, 0.3) is 0 Å². The van der Waals surface area contributed by atoms with Crippen molar-refractivity contribution in [3.8, 4) is 0 Å². The number of carbonyl (C=O) groups is 2. The SMILES string of the molecule is O=C(CN1CC(C(=O)O)C1)Nc1nnc(C2CC2)o1.